The number of nitrogens with one attached hydrogen (secondary N) is 1. The summed E-state index contributed by atoms with van der Waals surface area (Å²) in [6.07, 6.45) is 1.39. The number of benzene rings is 2. The third kappa shape index (κ3) is 5.76. The van der Waals surface area contributed by atoms with Gasteiger partial charge in [0.2, 0.25) is 5.91 Å². The lowest BCUT2D eigenvalue weighted by Gasteiger charge is -2.23. The summed E-state index contributed by atoms with van der Waals surface area (Å²) in [6, 6.07) is 13.0. The molecule has 144 valence electrons. The predicted molar refractivity (Wildman–Crippen MR) is 103 cm³/mol. The lowest BCUT2D eigenvalue weighted by molar-refractivity contribution is -0.121. The van der Waals surface area contributed by atoms with Crippen LogP contribution in [0.1, 0.15) is 18.4 Å². The van der Waals surface area contributed by atoms with Gasteiger partial charge in [0.25, 0.3) is 0 Å². The van der Waals surface area contributed by atoms with Crippen LogP contribution in [0.2, 0.25) is 0 Å². The Morgan fingerprint density at radius 2 is 1.74 bits per heavy atom. The minimum absolute atomic E-state index is 0.0714. The fourth-order valence-electron chi connectivity index (χ4n) is 3.29. The molecule has 0 saturated carbocycles. The van der Waals surface area contributed by atoms with Gasteiger partial charge in [0.1, 0.15) is 11.6 Å². The van der Waals surface area contributed by atoms with Crippen LogP contribution in [0, 0.1) is 11.6 Å². The van der Waals surface area contributed by atoms with Crippen molar-refractivity contribution in [3.05, 3.63) is 65.7 Å². The second kappa shape index (κ2) is 9.46. The Kier molecular flexibility index (Phi) is 6.76. The van der Waals surface area contributed by atoms with Crippen molar-refractivity contribution in [2.75, 3.05) is 37.6 Å². The molecule has 0 aliphatic carbocycles. The maximum Gasteiger partial charge on any atom is 0.221 e. The topological polar surface area (TPSA) is 35.6 Å². The quantitative estimate of drug-likeness (QED) is 0.845. The van der Waals surface area contributed by atoms with E-state index in [1.807, 2.05) is 0 Å². The molecule has 1 aliphatic rings. The summed E-state index contributed by atoms with van der Waals surface area (Å²) >= 11 is 0. The smallest absolute Gasteiger partial charge is 0.221 e. The second-order valence-electron chi connectivity index (χ2n) is 6.78. The summed E-state index contributed by atoms with van der Waals surface area (Å²) in [6.45, 7) is 4.45. The van der Waals surface area contributed by atoms with Gasteiger partial charge in [0, 0.05) is 50.4 Å². The van der Waals surface area contributed by atoms with Gasteiger partial charge in [-0.2, -0.15) is 0 Å². The third-order valence-corrected chi connectivity index (χ3v) is 4.87. The highest BCUT2D eigenvalue weighted by Crippen LogP contribution is 2.17. The number of hydrogen-bond acceptors (Lipinski definition) is 3. The largest absolute Gasteiger partial charge is 0.370 e. The molecule has 0 spiro atoms. The van der Waals surface area contributed by atoms with Gasteiger partial charge in [0.15, 0.2) is 0 Å². The van der Waals surface area contributed by atoms with Gasteiger partial charge in [-0.1, -0.05) is 18.2 Å². The molecule has 27 heavy (non-hydrogen) atoms. The number of amides is 1. The average Bonchev–Trinajstić information content (AvgIpc) is 2.92. The van der Waals surface area contributed by atoms with Crippen LogP contribution in [0.4, 0.5) is 14.5 Å². The summed E-state index contributed by atoms with van der Waals surface area (Å²) < 4.78 is 26.7. The van der Waals surface area contributed by atoms with Crippen LogP contribution in [-0.4, -0.2) is 43.5 Å². The van der Waals surface area contributed by atoms with Gasteiger partial charge in [0.05, 0.1) is 0 Å². The van der Waals surface area contributed by atoms with Crippen molar-refractivity contribution in [2.45, 2.75) is 19.4 Å². The van der Waals surface area contributed by atoms with Gasteiger partial charge in [-0.3, -0.25) is 4.79 Å². The zero-order valence-corrected chi connectivity index (χ0v) is 15.3. The molecule has 1 aliphatic heterocycles. The minimum Gasteiger partial charge on any atom is -0.370 e. The van der Waals surface area contributed by atoms with Crippen molar-refractivity contribution in [1.29, 1.82) is 0 Å². The molecule has 0 bridgehead atoms. The fraction of sp³-hybridized carbons (Fsp3) is 0.381. The predicted octanol–water partition coefficient (Wildman–Crippen LogP) is 3.18. The van der Waals surface area contributed by atoms with Gasteiger partial charge >= 0.3 is 0 Å². The van der Waals surface area contributed by atoms with Crippen LogP contribution < -0.4 is 10.2 Å². The van der Waals surface area contributed by atoms with Crippen molar-refractivity contribution in [2.24, 2.45) is 0 Å². The number of halogens is 2. The van der Waals surface area contributed by atoms with Gasteiger partial charge in [-0.15, -0.1) is 0 Å². The van der Waals surface area contributed by atoms with E-state index in [2.05, 4.69) is 15.1 Å². The number of rotatable bonds is 6. The van der Waals surface area contributed by atoms with Crippen molar-refractivity contribution in [3.63, 3.8) is 0 Å². The number of carbonyl (C=O) groups excluding carboxylic acids is 1. The Morgan fingerprint density at radius 3 is 2.52 bits per heavy atom. The first-order valence-corrected chi connectivity index (χ1v) is 9.35. The Balaban J connectivity index is 1.41. The molecule has 2 aromatic carbocycles. The molecule has 0 radical (unpaired) electrons. The molecule has 1 fully saturated rings. The second-order valence-corrected chi connectivity index (χ2v) is 6.78. The summed E-state index contributed by atoms with van der Waals surface area (Å²) in [5.74, 6) is -0.597. The molecule has 0 atom stereocenters. The summed E-state index contributed by atoms with van der Waals surface area (Å²) in [7, 11) is 0. The number of nitrogens with zero attached hydrogens (tertiary/aromatic N) is 2. The van der Waals surface area contributed by atoms with Crippen molar-refractivity contribution >= 4 is 11.6 Å². The Hall–Kier alpha value is -2.47. The SMILES string of the molecule is O=C(CCN1CCCN(c2ccc(F)cc2)CC1)NCc1ccccc1F. The van der Waals surface area contributed by atoms with Crippen LogP contribution in [0.5, 0.6) is 0 Å². The Bertz CT molecular complexity index is 751. The van der Waals surface area contributed by atoms with Gasteiger partial charge in [-0.05, 0) is 43.3 Å². The van der Waals surface area contributed by atoms with Crippen molar-refractivity contribution < 1.29 is 13.6 Å². The summed E-state index contributed by atoms with van der Waals surface area (Å²) in [5.41, 5.74) is 1.52. The first-order valence-electron chi connectivity index (χ1n) is 9.35. The summed E-state index contributed by atoms with van der Waals surface area (Å²) in [4.78, 5) is 16.6. The lowest BCUT2D eigenvalue weighted by Crippen LogP contribution is -2.34. The molecule has 0 unspecified atom stereocenters. The summed E-state index contributed by atoms with van der Waals surface area (Å²) in [5, 5.41) is 2.78. The molecule has 3 rings (SSSR count). The first-order chi connectivity index (χ1) is 13.1. The minimum atomic E-state index is -0.300. The van der Waals surface area contributed by atoms with E-state index < -0.39 is 0 Å². The standard InChI is InChI=1S/C21H25F2N3O/c22-18-6-8-19(9-7-18)26-12-3-11-25(14-15-26)13-10-21(27)24-16-17-4-1-2-5-20(17)23/h1-2,4-9H,3,10-16H2,(H,24,27). The molecular formula is C21H25F2N3O. The van der Waals surface area contributed by atoms with Crippen molar-refractivity contribution in [3.8, 4) is 0 Å². The first kappa shape index (κ1) is 19.3. The van der Waals surface area contributed by atoms with Crippen molar-refractivity contribution in [1.82, 2.24) is 10.2 Å². The van der Waals surface area contributed by atoms with E-state index in [-0.39, 0.29) is 24.1 Å². The van der Waals surface area contributed by atoms with Crippen LogP contribution in [0.15, 0.2) is 48.5 Å². The molecule has 6 heteroatoms. The molecule has 1 N–H and O–H groups in total. The molecule has 1 amide bonds. The van der Waals surface area contributed by atoms with Crippen LogP contribution in [0.3, 0.4) is 0 Å². The van der Waals surface area contributed by atoms with E-state index in [9.17, 15) is 13.6 Å². The molecular weight excluding hydrogens is 348 g/mol. The third-order valence-electron chi connectivity index (χ3n) is 4.87. The molecule has 4 nitrogen and oxygen atoms in total. The van der Waals surface area contributed by atoms with E-state index in [1.54, 1.807) is 30.3 Å². The Labute approximate surface area is 158 Å². The molecule has 1 heterocycles. The van der Waals surface area contributed by atoms with Crippen LogP contribution >= 0.6 is 0 Å². The van der Waals surface area contributed by atoms with E-state index in [4.69, 9.17) is 0 Å². The highest BCUT2D eigenvalue weighted by Gasteiger charge is 2.16. The normalized spacial score (nSPS) is 15.4. The van der Waals surface area contributed by atoms with Gasteiger partial charge < -0.3 is 15.1 Å². The van der Waals surface area contributed by atoms with E-state index in [1.165, 1.54) is 18.2 Å². The van der Waals surface area contributed by atoms with Gasteiger partial charge in [-0.25, -0.2) is 8.78 Å². The number of carbonyl (C=O) groups is 1. The highest BCUT2D eigenvalue weighted by atomic mass is 19.1. The van der Waals surface area contributed by atoms with E-state index in [0.717, 1.165) is 38.3 Å². The van der Waals surface area contributed by atoms with E-state index in [0.29, 0.717) is 18.5 Å². The zero-order chi connectivity index (χ0) is 19.1. The molecule has 1 saturated heterocycles. The van der Waals surface area contributed by atoms with Crippen LogP contribution in [0.25, 0.3) is 0 Å². The zero-order valence-electron chi connectivity index (χ0n) is 15.3. The molecule has 0 aromatic heterocycles. The fourth-order valence-corrected chi connectivity index (χ4v) is 3.29. The number of hydrogen-bond donors (Lipinski definition) is 1. The Morgan fingerprint density at radius 1 is 0.963 bits per heavy atom. The van der Waals surface area contributed by atoms with E-state index >= 15 is 0 Å². The molecule has 2 aromatic rings. The maximum atomic E-state index is 13.6. The monoisotopic (exact) mass is 373 g/mol. The highest BCUT2D eigenvalue weighted by molar-refractivity contribution is 5.76. The van der Waals surface area contributed by atoms with Crippen LogP contribution in [-0.2, 0) is 11.3 Å². The maximum absolute atomic E-state index is 13.6. The number of anilines is 1. The lowest BCUT2D eigenvalue weighted by atomic mass is 10.2. The average molecular weight is 373 g/mol.